The molecule has 5 nitrogen and oxygen atoms in total. The number of benzene rings is 2. The second-order valence-electron chi connectivity index (χ2n) is 7.87. The fourth-order valence-corrected chi connectivity index (χ4v) is 4.53. The largest absolute Gasteiger partial charge is 0.375 e. The standard InChI is InChI=1S/C23H26N4O/c1-2-6-18(7-3-1)15-26-10-11-28-22(16-26)14-23-24-17-25-27(23)21-12-19-8-4-5-9-20(19)13-21/h1-9,17,21-22H,10-16H2. The molecule has 0 radical (unpaired) electrons. The Morgan fingerprint density at radius 1 is 0.964 bits per heavy atom. The molecule has 0 amide bonds. The lowest BCUT2D eigenvalue weighted by Gasteiger charge is -2.33. The third kappa shape index (κ3) is 3.73. The van der Waals surface area contributed by atoms with Crippen LogP contribution in [0.15, 0.2) is 60.9 Å². The van der Waals surface area contributed by atoms with E-state index in [0.717, 1.165) is 51.3 Å². The summed E-state index contributed by atoms with van der Waals surface area (Å²) in [5.41, 5.74) is 4.24. The van der Waals surface area contributed by atoms with Crippen molar-refractivity contribution in [3.05, 3.63) is 83.4 Å². The number of hydrogen-bond acceptors (Lipinski definition) is 4. The summed E-state index contributed by atoms with van der Waals surface area (Å²) in [7, 11) is 0. The molecule has 2 heterocycles. The van der Waals surface area contributed by atoms with Gasteiger partial charge in [0.1, 0.15) is 12.2 Å². The third-order valence-corrected chi connectivity index (χ3v) is 5.90. The highest BCUT2D eigenvalue weighted by Gasteiger charge is 2.27. The Morgan fingerprint density at radius 3 is 2.50 bits per heavy atom. The van der Waals surface area contributed by atoms with Crippen LogP contribution in [0.5, 0.6) is 0 Å². The van der Waals surface area contributed by atoms with Crippen molar-refractivity contribution in [2.24, 2.45) is 0 Å². The van der Waals surface area contributed by atoms with E-state index >= 15 is 0 Å². The number of fused-ring (bicyclic) bond motifs is 1. The van der Waals surface area contributed by atoms with E-state index in [1.807, 2.05) is 0 Å². The van der Waals surface area contributed by atoms with E-state index in [0.29, 0.717) is 6.04 Å². The van der Waals surface area contributed by atoms with Crippen LogP contribution in [0.25, 0.3) is 0 Å². The first kappa shape index (κ1) is 17.6. The van der Waals surface area contributed by atoms with Gasteiger partial charge in [0, 0.05) is 26.1 Å². The Bertz CT molecular complexity index is 898. The fourth-order valence-electron chi connectivity index (χ4n) is 4.53. The summed E-state index contributed by atoms with van der Waals surface area (Å²) in [6, 6.07) is 19.8. The zero-order valence-corrected chi connectivity index (χ0v) is 16.1. The van der Waals surface area contributed by atoms with E-state index in [1.165, 1.54) is 16.7 Å². The van der Waals surface area contributed by atoms with Gasteiger partial charge in [0.15, 0.2) is 0 Å². The van der Waals surface area contributed by atoms with Crippen LogP contribution in [0, 0.1) is 0 Å². The molecule has 5 rings (SSSR count). The quantitative estimate of drug-likeness (QED) is 0.688. The topological polar surface area (TPSA) is 43.2 Å². The van der Waals surface area contributed by atoms with Crippen molar-refractivity contribution in [1.82, 2.24) is 19.7 Å². The highest BCUT2D eigenvalue weighted by Crippen LogP contribution is 2.30. The average molecular weight is 374 g/mol. The normalized spacial score (nSPS) is 20.4. The van der Waals surface area contributed by atoms with Gasteiger partial charge in [-0.2, -0.15) is 5.10 Å². The van der Waals surface area contributed by atoms with E-state index in [-0.39, 0.29) is 6.10 Å². The summed E-state index contributed by atoms with van der Waals surface area (Å²) in [5.74, 6) is 1.05. The van der Waals surface area contributed by atoms with Crippen molar-refractivity contribution in [1.29, 1.82) is 0 Å². The van der Waals surface area contributed by atoms with E-state index in [2.05, 4.69) is 74.3 Å². The van der Waals surface area contributed by atoms with Gasteiger partial charge >= 0.3 is 0 Å². The molecule has 0 N–H and O–H groups in total. The molecule has 5 heteroatoms. The third-order valence-electron chi connectivity index (χ3n) is 5.90. The lowest BCUT2D eigenvalue weighted by Crippen LogP contribution is -2.43. The smallest absolute Gasteiger partial charge is 0.138 e. The predicted octanol–water partition coefficient (Wildman–Crippen LogP) is 3.06. The first-order valence-electron chi connectivity index (χ1n) is 10.2. The van der Waals surface area contributed by atoms with E-state index in [1.54, 1.807) is 6.33 Å². The van der Waals surface area contributed by atoms with Gasteiger partial charge in [-0.1, -0.05) is 54.6 Å². The molecule has 1 aromatic heterocycles. The number of ether oxygens (including phenoxy) is 1. The molecule has 3 aromatic rings. The minimum absolute atomic E-state index is 0.171. The Morgan fingerprint density at radius 2 is 1.71 bits per heavy atom. The van der Waals surface area contributed by atoms with Gasteiger partial charge in [-0.05, 0) is 29.5 Å². The van der Waals surface area contributed by atoms with Gasteiger partial charge in [0.05, 0.1) is 18.8 Å². The molecule has 1 aliphatic heterocycles. The van der Waals surface area contributed by atoms with Gasteiger partial charge < -0.3 is 4.74 Å². The van der Waals surface area contributed by atoms with Crippen LogP contribution < -0.4 is 0 Å². The average Bonchev–Trinajstić information content (AvgIpc) is 3.35. The van der Waals surface area contributed by atoms with Crippen molar-refractivity contribution in [2.45, 2.75) is 38.0 Å². The molecule has 144 valence electrons. The van der Waals surface area contributed by atoms with Gasteiger partial charge in [0.25, 0.3) is 0 Å². The number of aromatic nitrogens is 3. The second-order valence-corrected chi connectivity index (χ2v) is 7.87. The van der Waals surface area contributed by atoms with Gasteiger partial charge in [-0.3, -0.25) is 4.90 Å². The molecular formula is C23H26N4O. The highest BCUT2D eigenvalue weighted by atomic mass is 16.5. The molecule has 2 aromatic carbocycles. The Kier molecular flexibility index (Phi) is 4.93. The molecule has 1 fully saturated rings. The minimum Gasteiger partial charge on any atom is -0.375 e. The molecule has 0 bridgehead atoms. The van der Waals surface area contributed by atoms with E-state index < -0.39 is 0 Å². The number of morpholine rings is 1. The molecule has 1 unspecified atom stereocenters. The van der Waals surface area contributed by atoms with Gasteiger partial charge in [-0.15, -0.1) is 0 Å². The fraction of sp³-hybridized carbons (Fsp3) is 0.391. The maximum atomic E-state index is 6.08. The lowest BCUT2D eigenvalue weighted by molar-refractivity contribution is -0.0319. The Labute approximate surface area is 166 Å². The number of rotatable bonds is 5. The van der Waals surface area contributed by atoms with Crippen LogP contribution in [-0.4, -0.2) is 45.5 Å². The Hall–Kier alpha value is -2.50. The predicted molar refractivity (Wildman–Crippen MR) is 108 cm³/mol. The van der Waals surface area contributed by atoms with Crippen molar-refractivity contribution in [3.8, 4) is 0 Å². The van der Waals surface area contributed by atoms with E-state index in [4.69, 9.17) is 4.74 Å². The Balaban J connectivity index is 1.24. The monoisotopic (exact) mass is 374 g/mol. The second kappa shape index (κ2) is 7.86. The van der Waals surface area contributed by atoms with Crippen LogP contribution in [0.3, 0.4) is 0 Å². The van der Waals surface area contributed by atoms with Crippen LogP contribution in [0.2, 0.25) is 0 Å². The van der Waals surface area contributed by atoms with Crippen LogP contribution in [0.1, 0.15) is 28.6 Å². The lowest BCUT2D eigenvalue weighted by atomic mass is 10.1. The maximum Gasteiger partial charge on any atom is 0.138 e. The van der Waals surface area contributed by atoms with E-state index in [9.17, 15) is 0 Å². The zero-order chi connectivity index (χ0) is 18.8. The summed E-state index contributed by atoms with van der Waals surface area (Å²) in [6.45, 7) is 3.68. The van der Waals surface area contributed by atoms with Crippen LogP contribution >= 0.6 is 0 Å². The first-order chi connectivity index (χ1) is 13.8. The number of nitrogens with zero attached hydrogens (tertiary/aromatic N) is 4. The molecule has 0 spiro atoms. The maximum absolute atomic E-state index is 6.08. The molecule has 0 saturated carbocycles. The van der Waals surface area contributed by atoms with Crippen molar-refractivity contribution in [2.75, 3.05) is 19.7 Å². The summed E-state index contributed by atoms with van der Waals surface area (Å²) in [4.78, 5) is 7.06. The van der Waals surface area contributed by atoms with Crippen LogP contribution in [0.4, 0.5) is 0 Å². The van der Waals surface area contributed by atoms with Crippen molar-refractivity contribution >= 4 is 0 Å². The molecule has 1 atom stereocenters. The minimum atomic E-state index is 0.171. The molecular weight excluding hydrogens is 348 g/mol. The van der Waals surface area contributed by atoms with Gasteiger partial charge in [0.2, 0.25) is 0 Å². The molecule has 1 aliphatic carbocycles. The first-order valence-corrected chi connectivity index (χ1v) is 10.2. The summed E-state index contributed by atoms with van der Waals surface area (Å²) in [6.07, 6.45) is 4.77. The molecule has 2 aliphatic rings. The summed E-state index contributed by atoms with van der Waals surface area (Å²) >= 11 is 0. The number of hydrogen-bond donors (Lipinski definition) is 0. The molecule has 28 heavy (non-hydrogen) atoms. The van der Waals surface area contributed by atoms with Crippen molar-refractivity contribution in [3.63, 3.8) is 0 Å². The SMILES string of the molecule is c1ccc(CN2CCOC(Cc3ncnn3C3Cc4ccccc4C3)C2)cc1. The summed E-state index contributed by atoms with van der Waals surface area (Å²) < 4.78 is 8.21. The summed E-state index contributed by atoms with van der Waals surface area (Å²) in [5, 5.41) is 4.57. The van der Waals surface area contributed by atoms with Gasteiger partial charge in [-0.25, -0.2) is 9.67 Å². The molecule has 1 saturated heterocycles. The van der Waals surface area contributed by atoms with Crippen molar-refractivity contribution < 1.29 is 4.74 Å². The highest BCUT2D eigenvalue weighted by molar-refractivity contribution is 5.32. The van der Waals surface area contributed by atoms with Crippen LogP contribution in [-0.2, 0) is 30.5 Å². The zero-order valence-electron chi connectivity index (χ0n) is 16.1.